The largest absolute Gasteiger partial charge is 0.459 e. The molecule has 0 atom stereocenters. The maximum Gasteiger partial charge on any atom is 0.286 e. The third-order valence-corrected chi connectivity index (χ3v) is 2.51. The molecule has 1 heterocycles. The number of hydrogen-bond acceptors (Lipinski definition) is 2. The highest BCUT2D eigenvalue weighted by atomic mass is 19.1. The molecule has 1 aromatic heterocycles. The van der Waals surface area contributed by atoms with Gasteiger partial charge in [-0.3, -0.25) is 4.79 Å². The molecule has 0 aliphatic heterocycles. The van der Waals surface area contributed by atoms with Crippen molar-refractivity contribution in [2.75, 3.05) is 6.54 Å². The summed E-state index contributed by atoms with van der Waals surface area (Å²) in [6.07, 6.45) is 1.26. The van der Waals surface area contributed by atoms with Gasteiger partial charge in [0, 0.05) is 24.2 Å². The van der Waals surface area contributed by atoms with E-state index in [0.717, 1.165) is 0 Å². The zero-order valence-corrected chi connectivity index (χ0v) is 9.75. The van der Waals surface area contributed by atoms with Crippen LogP contribution in [0.15, 0.2) is 34.9 Å². The Bertz CT molecular complexity index is 559. The summed E-state index contributed by atoms with van der Waals surface area (Å²) < 4.78 is 44.1. The standard InChI is InChI=1S/C13H10F3NO2/c14-8-6-10(15)9(11(16)7-8)3-4-17-13(18)12-2-1-5-19-12/h1-2,5-7H,3-4H2,(H,17,18). The molecule has 1 amide bonds. The Morgan fingerprint density at radius 1 is 1.21 bits per heavy atom. The predicted octanol–water partition coefficient (Wildman–Crippen LogP) is 2.67. The average molecular weight is 269 g/mol. The lowest BCUT2D eigenvalue weighted by molar-refractivity contribution is 0.0926. The van der Waals surface area contributed by atoms with E-state index >= 15 is 0 Å². The molecule has 0 saturated carbocycles. The normalized spacial score (nSPS) is 10.5. The van der Waals surface area contributed by atoms with Crippen molar-refractivity contribution in [1.82, 2.24) is 5.32 Å². The first-order chi connectivity index (χ1) is 9.08. The first-order valence-electron chi connectivity index (χ1n) is 5.53. The molecule has 1 aromatic carbocycles. The lowest BCUT2D eigenvalue weighted by atomic mass is 10.1. The second-order valence-corrected chi connectivity index (χ2v) is 3.83. The first kappa shape index (κ1) is 13.2. The number of furan rings is 1. The van der Waals surface area contributed by atoms with Gasteiger partial charge in [0.25, 0.3) is 5.91 Å². The van der Waals surface area contributed by atoms with Crippen molar-refractivity contribution >= 4 is 5.91 Å². The number of carbonyl (C=O) groups is 1. The molecule has 0 unspecified atom stereocenters. The van der Waals surface area contributed by atoms with Crippen LogP contribution in [-0.4, -0.2) is 12.5 Å². The van der Waals surface area contributed by atoms with E-state index in [1.807, 2.05) is 0 Å². The molecule has 6 heteroatoms. The van der Waals surface area contributed by atoms with Gasteiger partial charge in [-0.05, 0) is 18.6 Å². The predicted molar refractivity (Wildman–Crippen MR) is 61.1 cm³/mol. The Morgan fingerprint density at radius 3 is 2.47 bits per heavy atom. The van der Waals surface area contributed by atoms with Gasteiger partial charge < -0.3 is 9.73 Å². The number of halogens is 3. The van der Waals surface area contributed by atoms with Gasteiger partial charge in [-0.15, -0.1) is 0 Å². The average Bonchev–Trinajstić information content (AvgIpc) is 2.85. The summed E-state index contributed by atoms with van der Waals surface area (Å²) in [6.45, 7) is 0.0129. The zero-order valence-electron chi connectivity index (χ0n) is 9.75. The van der Waals surface area contributed by atoms with E-state index < -0.39 is 23.4 Å². The fraction of sp³-hybridized carbons (Fsp3) is 0.154. The van der Waals surface area contributed by atoms with E-state index in [1.54, 1.807) is 6.07 Å². The third kappa shape index (κ3) is 3.15. The minimum absolute atomic E-state index is 0.0129. The summed E-state index contributed by atoms with van der Waals surface area (Å²) in [4.78, 5) is 11.5. The Hall–Kier alpha value is -2.24. The molecular weight excluding hydrogens is 259 g/mol. The van der Waals surface area contributed by atoms with Gasteiger partial charge in [-0.2, -0.15) is 0 Å². The van der Waals surface area contributed by atoms with Crippen LogP contribution in [0.1, 0.15) is 16.1 Å². The second kappa shape index (κ2) is 5.60. The molecular formula is C13H10F3NO2. The highest BCUT2D eigenvalue weighted by molar-refractivity contribution is 5.91. The lowest BCUT2D eigenvalue weighted by Crippen LogP contribution is -2.25. The third-order valence-electron chi connectivity index (χ3n) is 2.51. The Balaban J connectivity index is 1.95. The van der Waals surface area contributed by atoms with E-state index in [4.69, 9.17) is 4.42 Å². The van der Waals surface area contributed by atoms with Gasteiger partial charge in [0.05, 0.1) is 6.26 Å². The Kier molecular flexibility index (Phi) is 3.89. The molecule has 2 rings (SSSR count). The van der Waals surface area contributed by atoms with Crippen molar-refractivity contribution in [2.24, 2.45) is 0 Å². The minimum atomic E-state index is -0.974. The molecule has 0 aliphatic carbocycles. The topological polar surface area (TPSA) is 42.2 Å². The fourth-order valence-electron chi connectivity index (χ4n) is 1.61. The quantitative estimate of drug-likeness (QED) is 0.927. The summed E-state index contributed by atoms with van der Waals surface area (Å²) >= 11 is 0. The van der Waals surface area contributed by atoms with Crippen molar-refractivity contribution in [1.29, 1.82) is 0 Å². The van der Waals surface area contributed by atoms with Crippen LogP contribution in [0.25, 0.3) is 0 Å². The summed E-state index contributed by atoms with van der Waals surface area (Å²) in [6, 6.07) is 4.22. The summed E-state index contributed by atoms with van der Waals surface area (Å²) in [5.74, 6) is -3.28. The maximum atomic E-state index is 13.3. The van der Waals surface area contributed by atoms with Crippen LogP contribution in [0.4, 0.5) is 13.2 Å². The molecule has 2 aromatic rings. The Labute approximate surface area is 107 Å². The highest BCUT2D eigenvalue weighted by Gasteiger charge is 2.12. The van der Waals surface area contributed by atoms with Gasteiger partial charge in [0.1, 0.15) is 17.5 Å². The molecule has 0 fully saturated rings. The number of carbonyl (C=O) groups excluding carboxylic acids is 1. The summed E-state index contributed by atoms with van der Waals surface area (Å²) in [7, 11) is 0. The van der Waals surface area contributed by atoms with E-state index in [0.29, 0.717) is 12.1 Å². The molecule has 3 nitrogen and oxygen atoms in total. The van der Waals surface area contributed by atoms with E-state index in [1.165, 1.54) is 12.3 Å². The highest BCUT2D eigenvalue weighted by Crippen LogP contribution is 2.15. The van der Waals surface area contributed by atoms with Crippen LogP contribution >= 0.6 is 0 Å². The zero-order chi connectivity index (χ0) is 13.8. The van der Waals surface area contributed by atoms with Crippen LogP contribution < -0.4 is 5.32 Å². The van der Waals surface area contributed by atoms with Crippen LogP contribution in [0, 0.1) is 17.5 Å². The minimum Gasteiger partial charge on any atom is -0.459 e. The van der Waals surface area contributed by atoms with E-state index in [2.05, 4.69) is 5.32 Å². The van der Waals surface area contributed by atoms with Crippen molar-refractivity contribution < 1.29 is 22.4 Å². The van der Waals surface area contributed by atoms with Crippen LogP contribution in [0.2, 0.25) is 0 Å². The van der Waals surface area contributed by atoms with E-state index in [-0.39, 0.29) is 24.3 Å². The van der Waals surface area contributed by atoms with Gasteiger partial charge in [-0.1, -0.05) is 0 Å². The molecule has 0 radical (unpaired) electrons. The molecule has 0 spiro atoms. The van der Waals surface area contributed by atoms with Crippen molar-refractivity contribution in [3.8, 4) is 0 Å². The van der Waals surface area contributed by atoms with Gasteiger partial charge in [0.2, 0.25) is 0 Å². The Morgan fingerprint density at radius 2 is 1.89 bits per heavy atom. The molecule has 0 bridgehead atoms. The van der Waals surface area contributed by atoms with Crippen LogP contribution in [0.3, 0.4) is 0 Å². The smallest absolute Gasteiger partial charge is 0.286 e. The lowest BCUT2D eigenvalue weighted by Gasteiger charge is -2.06. The fourth-order valence-corrected chi connectivity index (χ4v) is 1.61. The monoisotopic (exact) mass is 269 g/mol. The summed E-state index contributed by atoms with van der Waals surface area (Å²) in [5, 5.41) is 2.44. The van der Waals surface area contributed by atoms with Gasteiger partial charge in [-0.25, -0.2) is 13.2 Å². The second-order valence-electron chi connectivity index (χ2n) is 3.83. The van der Waals surface area contributed by atoms with Crippen LogP contribution in [-0.2, 0) is 6.42 Å². The number of amides is 1. The molecule has 0 saturated heterocycles. The molecule has 0 aliphatic rings. The summed E-state index contributed by atoms with van der Waals surface area (Å²) in [5.41, 5.74) is -0.263. The van der Waals surface area contributed by atoms with Gasteiger partial charge in [0.15, 0.2) is 5.76 Å². The van der Waals surface area contributed by atoms with Gasteiger partial charge >= 0.3 is 0 Å². The molecule has 1 N–H and O–H groups in total. The van der Waals surface area contributed by atoms with Crippen molar-refractivity contribution in [2.45, 2.75) is 6.42 Å². The van der Waals surface area contributed by atoms with E-state index in [9.17, 15) is 18.0 Å². The van der Waals surface area contributed by atoms with Crippen molar-refractivity contribution in [3.05, 3.63) is 59.3 Å². The molecule has 100 valence electrons. The number of hydrogen-bond donors (Lipinski definition) is 1. The first-order valence-corrected chi connectivity index (χ1v) is 5.53. The number of nitrogens with one attached hydrogen (secondary N) is 1. The number of rotatable bonds is 4. The van der Waals surface area contributed by atoms with Crippen LogP contribution in [0.5, 0.6) is 0 Å². The van der Waals surface area contributed by atoms with Crippen molar-refractivity contribution in [3.63, 3.8) is 0 Å². The maximum absolute atomic E-state index is 13.3. The SMILES string of the molecule is O=C(NCCc1c(F)cc(F)cc1F)c1ccco1. The molecule has 19 heavy (non-hydrogen) atoms. The number of benzene rings is 1.